The van der Waals surface area contributed by atoms with Crippen molar-refractivity contribution in [3.63, 3.8) is 0 Å². The highest BCUT2D eigenvalue weighted by Crippen LogP contribution is 2.29. The third kappa shape index (κ3) is 10.5. The van der Waals surface area contributed by atoms with Crippen molar-refractivity contribution in [1.29, 1.82) is 0 Å². The van der Waals surface area contributed by atoms with Gasteiger partial charge in [-0.15, -0.1) is 0 Å². The predicted octanol–water partition coefficient (Wildman–Crippen LogP) is 8.53. The molecule has 5 nitrogen and oxygen atoms in total. The topological polar surface area (TPSA) is 56.4 Å². The van der Waals surface area contributed by atoms with E-state index in [9.17, 15) is 22.8 Å². The van der Waals surface area contributed by atoms with E-state index in [1.807, 2.05) is 30.5 Å². The Bertz CT molecular complexity index is 1240. The maximum absolute atomic E-state index is 13.7. The first-order valence-electron chi connectivity index (χ1n) is 15.5. The molecule has 0 bridgehead atoms. The standard InChI is InChI=1S/C34H46F3N3O2/c1-3-5-7-8-9-10-11-16-32(41)39(22-6-4-2)26-33(42)40(25-27-17-19-29(20-18-27)34(35,36)37)23-21-28-24-38-31-15-13-12-14-30(28)31/h12-15,17-20,24,38H,3-11,16,21-23,25-26H2,1-2H3. The summed E-state index contributed by atoms with van der Waals surface area (Å²) in [4.78, 5) is 33.5. The first kappa shape index (κ1) is 33.2. The summed E-state index contributed by atoms with van der Waals surface area (Å²) in [5.41, 5.74) is 1.97. The van der Waals surface area contributed by atoms with Crippen molar-refractivity contribution in [2.45, 2.75) is 97.2 Å². The number of para-hydroxylation sites is 1. The normalized spacial score (nSPS) is 11.6. The Morgan fingerprint density at radius 1 is 0.762 bits per heavy atom. The molecular formula is C34H46F3N3O2. The van der Waals surface area contributed by atoms with Crippen molar-refractivity contribution < 1.29 is 22.8 Å². The van der Waals surface area contributed by atoms with Gasteiger partial charge in [-0.1, -0.05) is 89.1 Å². The lowest BCUT2D eigenvalue weighted by atomic mass is 10.1. The summed E-state index contributed by atoms with van der Waals surface area (Å²) in [6, 6.07) is 12.9. The number of carbonyl (C=O) groups is 2. The zero-order valence-corrected chi connectivity index (χ0v) is 25.1. The van der Waals surface area contributed by atoms with Crippen molar-refractivity contribution in [3.05, 3.63) is 71.4 Å². The molecule has 0 atom stereocenters. The van der Waals surface area contributed by atoms with Crippen molar-refractivity contribution in [2.75, 3.05) is 19.6 Å². The highest BCUT2D eigenvalue weighted by molar-refractivity contribution is 5.85. The Morgan fingerprint density at radius 3 is 2.12 bits per heavy atom. The lowest BCUT2D eigenvalue weighted by Gasteiger charge is -2.28. The number of hydrogen-bond acceptors (Lipinski definition) is 2. The average Bonchev–Trinajstić information content (AvgIpc) is 3.39. The SMILES string of the molecule is CCCCCCCCCC(=O)N(CCCC)CC(=O)N(CCc1c[nH]c2ccccc12)Cc1ccc(C(F)(F)F)cc1. The Balaban J connectivity index is 1.69. The van der Waals surface area contributed by atoms with Crippen LogP contribution in [0.3, 0.4) is 0 Å². The van der Waals surface area contributed by atoms with E-state index in [1.165, 1.54) is 37.8 Å². The highest BCUT2D eigenvalue weighted by atomic mass is 19.4. The summed E-state index contributed by atoms with van der Waals surface area (Å²) in [7, 11) is 0. The number of unbranched alkanes of at least 4 members (excludes halogenated alkanes) is 7. The molecule has 0 aliphatic carbocycles. The third-order valence-corrected chi connectivity index (χ3v) is 7.79. The third-order valence-electron chi connectivity index (χ3n) is 7.79. The number of aromatic nitrogens is 1. The van der Waals surface area contributed by atoms with Crippen LogP contribution in [0.2, 0.25) is 0 Å². The van der Waals surface area contributed by atoms with E-state index in [2.05, 4.69) is 18.8 Å². The van der Waals surface area contributed by atoms with Crippen molar-refractivity contribution in [1.82, 2.24) is 14.8 Å². The van der Waals surface area contributed by atoms with Gasteiger partial charge in [0.2, 0.25) is 11.8 Å². The second-order valence-corrected chi connectivity index (χ2v) is 11.2. The van der Waals surface area contributed by atoms with Gasteiger partial charge >= 0.3 is 6.18 Å². The van der Waals surface area contributed by atoms with Gasteiger partial charge in [-0.2, -0.15) is 13.2 Å². The summed E-state index contributed by atoms with van der Waals surface area (Å²) in [5, 5.41) is 1.08. The first-order valence-corrected chi connectivity index (χ1v) is 15.5. The van der Waals surface area contributed by atoms with Crippen molar-refractivity contribution in [3.8, 4) is 0 Å². The minimum atomic E-state index is -4.42. The molecule has 3 rings (SSSR count). The number of nitrogens with one attached hydrogen (secondary N) is 1. The van der Waals surface area contributed by atoms with E-state index in [0.29, 0.717) is 31.5 Å². The number of rotatable bonds is 18. The Kier molecular flexibility index (Phi) is 13.4. The minimum absolute atomic E-state index is 0.00327. The van der Waals surface area contributed by atoms with Gasteiger partial charge in [0.05, 0.1) is 12.1 Å². The quantitative estimate of drug-likeness (QED) is 0.152. The second kappa shape index (κ2) is 17.0. The highest BCUT2D eigenvalue weighted by Gasteiger charge is 2.30. The second-order valence-electron chi connectivity index (χ2n) is 11.2. The molecule has 2 aromatic carbocycles. The van der Waals surface area contributed by atoms with Crippen LogP contribution in [-0.4, -0.2) is 46.2 Å². The molecule has 0 saturated carbocycles. The zero-order valence-electron chi connectivity index (χ0n) is 25.1. The number of halogens is 3. The number of hydrogen-bond donors (Lipinski definition) is 1. The lowest BCUT2D eigenvalue weighted by molar-refractivity contribution is -0.141. The Labute approximate surface area is 248 Å². The molecular weight excluding hydrogens is 539 g/mol. The molecule has 0 spiro atoms. The van der Waals surface area contributed by atoms with Gasteiger partial charge < -0.3 is 14.8 Å². The average molecular weight is 586 g/mol. The molecule has 0 saturated heterocycles. The molecule has 8 heteroatoms. The molecule has 0 radical (unpaired) electrons. The number of H-pyrrole nitrogens is 1. The number of aromatic amines is 1. The smallest absolute Gasteiger partial charge is 0.361 e. The molecule has 0 unspecified atom stereocenters. The Morgan fingerprint density at radius 2 is 1.43 bits per heavy atom. The van der Waals surface area contributed by atoms with Gasteiger partial charge in [-0.3, -0.25) is 9.59 Å². The van der Waals surface area contributed by atoms with Crippen LogP contribution < -0.4 is 0 Å². The van der Waals surface area contributed by atoms with E-state index in [4.69, 9.17) is 0 Å². The summed E-state index contributed by atoms with van der Waals surface area (Å²) in [6.07, 6.45) is 8.06. The number of alkyl halides is 3. The van der Waals surface area contributed by atoms with E-state index >= 15 is 0 Å². The molecule has 0 aliphatic heterocycles. The van der Waals surface area contributed by atoms with Crippen molar-refractivity contribution >= 4 is 22.7 Å². The van der Waals surface area contributed by atoms with E-state index in [0.717, 1.165) is 60.7 Å². The maximum Gasteiger partial charge on any atom is 0.416 e. The van der Waals surface area contributed by atoms with Crippen LogP contribution in [0.15, 0.2) is 54.7 Å². The summed E-state index contributed by atoms with van der Waals surface area (Å²) >= 11 is 0. The molecule has 1 heterocycles. The van der Waals surface area contributed by atoms with Crippen LogP contribution in [0, 0.1) is 0 Å². The van der Waals surface area contributed by atoms with Crippen LogP contribution in [0.1, 0.15) is 94.7 Å². The van der Waals surface area contributed by atoms with Crippen LogP contribution in [0.5, 0.6) is 0 Å². The van der Waals surface area contributed by atoms with Crippen LogP contribution in [0.25, 0.3) is 10.9 Å². The van der Waals surface area contributed by atoms with Gasteiger partial charge in [0.15, 0.2) is 0 Å². The number of nitrogens with zero attached hydrogens (tertiary/aromatic N) is 2. The number of carbonyl (C=O) groups excluding carboxylic acids is 2. The lowest BCUT2D eigenvalue weighted by Crippen LogP contribution is -2.43. The van der Waals surface area contributed by atoms with Gasteiger partial charge in [-0.05, 0) is 48.6 Å². The number of amides is 2. The molecule has 3 aromatic rings. The molecule has 0 fully saturated rings. The monoisotopic (exact) mass is 585 g/mol. The van der Waals surface area contributed by atoms with Gasteiger partial charge in [0, 0.05) is 43.2 Å². The van der Waals surface area contributed by atoms with E-state index in [-0.39, 0.29) is 24.9 Å². The zero-order chi connectivity index (χ0) is 30.4. The molecule has 1 aromatic heterocycles. The van der Waals surface area contributed by atoms with Crippen LogP contribution in [-0.2, 0) is 28.7 Å². The fourth-order valence-electron chi connectivity index (χ4n) is 5.20. The summed E-state index contributed by atoms with van der Waals surface area (Å²) < 4.78 is 39.3. The molecule has 0 aliphatic rings. The van der Waals surface area contributed by atoms with E-state index < -0.39 is 11.7 Å². The molecule has 1 N–H and O–H groups in total. The van der Waals surface area contributed by atoms with E-state index in [1.54, 1.807) is 9.80 Å². The van der Waals surface area contributed by atoms with Gasteiger partial charge in [0.1, 0.15) is 0 Å². The molecule has 230 valence electrons. The van der Waals surface area contributed by atoms with Gasteiger partial charge in [-0.25, -0.2) is 0 Å². The van der Waals surface area contributed by atoms with Gasteiger partial charge in [0.25, 0.3) is 0 Å². The minimum Gasteiger partial charge on any atom is -0.361 e. The maximum atomic E-state index is 13.7. The summed E-state index contributed by atoms with van der Waals surface area (Å²) in [5.74, 6) is -0.199. The first-order chi connectivity index (χ1) is 20.2. The number of benzene rings is 2. The summed E-state index contributed by atoms with van der Waals surface area (Å²) in [6.45, 7) is 5.30. The predicted molar refractivity (Wildman–Crippen MR) is 163 cm³/mol. The molecule has 2 amide bonds. The Hall–Kier alpha value is -3.29. The van der Waals surface area contributed by atoms with Crippen LogP contribution >= 0.6 is 0 Å². The molecule has 42 heavy (non-hydrogen) atoms. The van der Waals surface area contributed by atoms with Crippen LogP contribution in [0.4, 0.5) is 13.2 Å². The fraction of sp³-hybridized carbons (Fsp3) is 0.529. The largest absolute Gasteiger partial charge is 0.416 e. The number of fused-ring (bicyclic) bond motifs is 1. The fourth-order valence-corrected chi connectivity index (χ4v) is 5.20. The van der Waals surface area contributed by atoms with Crippen molar-refractivity contribution in [2.24, 2.45) is 0 Å².